The van der Waals surface area contributed by atoms with Gasteiger partial charge in [0.1, 0.15) is 46.7 Å². The molecule has 0 saturated carbocycles. The summed E-state index contributed by atoms with van der Waals surface area (Å²) in [6.07, 6.45) is 5.13. The van der Waals surface area contributed by atoms with Crippen molar-refractivity contribution < 1.29 is 35.3 Å². The largest absolute Gasteiger partial charge is 2.00 e. The van der Waals surface area contributed by atoms with Crippen LogP contribution in [0.3, 0.4) is 0 Å². The molecule has 6 aromatic rings. The van der Waals surface area contributed by atoms with Crippen LogP contribution in [0.5, 0.6) is 23.0 Å². The van der Waals surface area contributed by atoms with Gasteiger partial charge in [0.2, 0.25) is 0 Å². The maximum atomic E-state index is 6.73. The molecule has 0 unspecified atom stereocenters. The minimum Gasteiger partial charge on any atom is -0.497 e. The molecule has 0 N–H and O–H groups in total. The van der Waals surface area contributed by atoms with Gasteiger partial charge in [0.25, 0.3) is 0 Å². The molecule has 0 amide bonds. The van der Waals surface area contributed by atoms with Crippen LogP contribution in [0.1, 0.15) is 91.5 Å². The molecule has 4 aromatic carbocycles. The fraction of sp³-hybridized carbons (Fsp3) is 0.333. The zero-order valence-corrected chi connectivity index (χ0v) is 36.1. The van der Waals surface area contributed by atoms with E-state index in [-0.39, 0.29) is 31.9 Å². The van der Waals surface area contributed by atoms with Gasteiger partial charge in [-0.3, -0.25) is 9.97 Å². The van der Waals surface area contributed by atoms with Gasteiger partial charge < -0.3 is 14.2 Å². The molecule has 0 saturated heterocycles. The summed E-state index contributed by atoms with van der Waals surface area (Å²) in [6, 6.07) is 31.7. The van der Waals surface area contributed by atoms with Crippen LogP contribution in [0.4, 0.5) is 0 Å². The predicted molar refractivity (Wildman–Crippen MR) is 217 cm³/mol. The van der Waals surface area contributed by atoms with Crippen LogP contribution in [0, 0.1) is 23.0 Å². The number of fused-ring (bicyclic) bond motifs is 6. The zero-order valence-electron chi connectivity index (χ0n) is 33.8. The van der Waals surface area contributed by atoms with Crippen LogP contribution >= 0.6 is 0 Å². The van der Waals surface area contributed by atoms with Gasteiger partial charge in [-0.1, -0.05) is 90.1 Å². The summed E-state index contributed by atoms with van der Waals surface area (Å²) in [5.74, 6) is 2.30. The average molecular weight is 924 g/mol. The van der Waals surface area contributed by atoms with Gasteiger partial charge in [-0.05, 0) is 62.5 Å². The van der Waals surface area contributed by atoms with Crippen LogP contribution in [0.2, 0.25) is 0 Å². The van der Waals surface area contributed by atoms with Crippen LogP contribution in [0.25, 0.3) is 45.0 Å². The molecule has 0 atom stereocenters. The molecular formula is C48H48N4O3Pt. The minimum atomic E-state index is -0.588. The Morgan fingerprint density at radius 1 is 0.554 bits per heavy atom. The fourth-order valence-electron chi connectivity index (χ4n) is 7.77. The second-order valence-corrected chi connectivity index (χ2v) is 18.2. The van der Waals surface area contributed by atoms with E-state index in [0.717, 1.165) is 57.6 Å². The van der Waals surface area contributed by atoms with Crippen molar-refractivity contribution in [1.29, 1.82) is 0 Å². The Morgan fingerprint density at radius 3 is 1.34 bits per heavy atom. The molecule has 2 aromatic heterocycles. The van der Waals surface area contributed by atoms with Crippen molar-refractivity contribution in [2.24, 2.45) is 10.8 Å². The predicted octanol–water partition coefficient (Wildman–Crippen LogP) is 11.8. The van der Waals surface area contributed by atoms with E-state index in [0.29, 0.717) is 34.4 Å². The molecule has 0 bridgehead atoms. The number of aromatic nitrogens is 4. The molecule has 7 nitrogen and oxygen atoms in total. The molecule has 0 fully saturated rings. The molecule has 0 spiro atoms. The van der Waals surface area contributed by atoms with E-state index < -0.39 is 11.2 Å². The quantitative estimate of drug-likeness (QED) is 0.154. The summed E-state index contributed by atoms with van der Waals surface area (Å²) in [5, 5.41) is 0. The van der Waals surface area contributed by atoms with E-state index in [1.54, 1.807) is 12.7 Å². The van der Waals surface area contributed by atoms with Crippen molar-refractivity contribution in [2.45, 2.75) is 93.3 Å². The van der Waals surface area contributed by atoms with E-state index >= 15 is 0 Å². The van der Waals surface area contributed by atoms with E-state index in [2.05, 4.69) is 118 Å². The molecule has 2 aliphatic heterocycles. The third-order valence-electron chi connectivity index (χ3n) is 10.0. The van der Waals surface area contributed by atoms with Crippen LogP contribution < -0.4 is 14.2 Å². The van der Waals surface area contributed by atoms with Crippen molar-refractivity contribution in [3.05, 3.63) is 120 Å². The third kappa shape index (κ3) is 7.76. The molecule has 288 valence electrons. The Labute approximate surface area is 345 Å². The topological polar surface area (TPSA) is 79.2 Å². The van der Waals surface area contributed by atoms with Crippen molar-refractivity contribution in [3.63, 3.8) is 0 Å². The monoisotopic (exact) mass is 923 g/mol. The first-order chi connectivity index (χ1) is 25.9. The van der Waals surface area contributed by atoms with Crippen LogP contribution in [-0.4, -0.2) is 19.9 Å². The van der Waals surface area contributed by atoms with Crippen molar-refractivity contribution >= 4 is 0 Å². The molecular weight excluding hydrogens is 876 g/mol. The first kappa shape index (κ1) is 39.4. The summed E-state index contributed by atoms with van der Waals surface area (Å²) in [6.45, 7) is 21.9. The minimum absolute atomic E-state index is 0. The van der Waals surface area contributed by atoms with Crippen molar-refractivity contribution in [3.8, 4) is 68.0 Å². The Morgan fingerprint density at radius 2 is 0.946 bits per heavy atom. The summed E-state index contributed by atoms with van der Waals surface area (Å²) in [5.41, 5.74) is 10.4. The number of hydrogen-bond acceptors (Lipinski definition) is 7. The molecule has 56 heavy (non-hydrogen) atoms. The maximum absolute atomic E-state index is 6.73. The Balaban J connectivity index is 0.00000480. The van der Waals surface area contributed by atoms with Crippen LogP contribution in [-0.2, 0) is 45.1 Å². The molecule has 2 aliphatic rings. The second kappa shape index (κ2) is 14.3. The van der Waals surface area contributed by atoms with Gasteiger partial charge in [0.15, 0.2) is 0 Å². The standard InChI is InChI=1S/C48H48N4O3.Pt/c1-45(2,3)25-29-17-19-35-37(21-29)47(7,8)54-43-39(49-27-51-41(35)43)31-13-11-15-33(23-31)53-34-16-12-14-32(24-34)40-44-42(52-28-50-40)36-20-18-30(26-46(4,5)6)22-38(36)48(9,10)55-44;/h11-22,27-28H,25-26H2,1-10H3;/q-2;+2. The Kier molecular flexibility index (Phi) is 10.0. The zero-order chi connectivity index (χ0) is 38.9. The smallest absolute Gasteiger partial charge is 0.497 e. The second-order valence-electron chi connectivity index (χ2n) is 18.2. The van der Waals surface area contributed by atoms with E-state index in [9.17, 15) is 0 Å². The summed E-state index contributed by atoms with van der Waals surface area (Å²) < 4.78 is 19.9. The number of nitrogens with zero attached hydrogens (tertiary/aromatic N) is 4. The van der Waals surface area contributed by atoms with Gasteiger partial charge in [-0.25, -0.2) is 9.97 Å². The molecule has 8 heteroatoms. The summed E-state index contributed by atoms with van der Waals surface area (Å²) >= 11 is 0. The van der Waals surface area contributed by atoms with Crippen molar-refractivity contribution in [1.82, 2.24) is 19.9 Å². The molecule has 0 radical (unpaired) electrons. The molecule has 4 heterocycles. The van der Waals surface area contributed by atoms with E-state index in [1.807, 2.05) is 36.4 Å². The molecule has 0 aliphatic carbocycles. The Bertz CT molecular complexity index is 2290. The van der Waals surface area contributed by atoms with Gasteiger partial charge in [-0.2, -0.15) is 0 Å². The van der Waals surface area contributed by atoms with Gasteiger partial charge in [-0.15, -0.1) is 47.5 Å². The fourth-order valence-corrected chi connectivity index (χ4v) is 7.77. The van der Waals surface area contributed by atoms with Crippen molar-refractivity contribution in [2.75, 3.05) is 0 Å². The van der Waals surface area contributed by atoms with E-state index in [4.69, 9.17) is 34.1 Å². The van der Waals surface area contributed by atoms with Gasteiger partial charge in [0.05, 0.1) is 0 Å². The maximum Gasteiger partial charge on any atom is 2.00 e. The third-order valence-corrected chi connectivity index (χ3v) is 10.0. The normalized spacial score (nSPS) is 14.8. The SMILES string of the molecule is CC(C)(C)Cc1ccc2c(c1)C(C)(C)Oc1c(-c3[c-]c(Oc4[c-]c(-c5ncnc6c5OC(C)(C)c5cc(CC(C)(C)C)ccc5-6)ccc4)ccc3)ncnc1-2.[Pt+2]. The summed E-state index contributed by atoms with van der Waals surface area (Å²) in [4.78, 5) is 18.8. The first-order valence-electron chi connectivity index (χ1n) is 19.0. The number of benzene rings is 4. The number of hydrogen-bond donors (Lipinski definition) is 0. The van der Waals surface area contributed by atoms with E-state index in [1.165, 1.54) is 11.1 Å². The Hall–Kier alpha value is -4.87. The van der Waals surface area contributed by atoms with Crippen LogP contribution in [0.15, 0.2) is 85.5 Å². The van der Waals surface area contributed by atoms with Gasteiger partial charge in [0, 0.05) is 45.1 Å². The first-order valence-corrected chi connectivity index (χ1v) is 19.0. The summed E-state index contributed by atoms with van der Waals surface area (Å²) in [7, 11) is 0. The van der Waals surface area contributed by atoms with Gasteiger partial charge >= 0.3 is 21.1 Å². The number of ether oxygens (including phenoxy) is 3. The average Bonchev–Trinajstić information content (AvgIpc) is 3.10. The number of rotatable bonds is 6. The molecule has 8 rings (SSSR count).